The fourth-order valence-corrected chi connectivity index (χ4v) is 2.16. The van der Waals surface area contributed by atoms with Gasteiger partial charge in [-0.25, -0.2) is 4.79 Å². The maximum Gasteiger partial charge on any atom is 0.433 e. The Labute approximate surface area is 120 Å². The fraction of sp³-hybridized carbons (Fsp3) is 0.400. The van der Waals surface area contributed by atoms with Crippen LogP contribution in [0.5, 0.6) is 0 Å². The van der Waals surface area contributed by atoms with Gasteiger partial charge in [-0.2, -0.15) is 13.2 Å². The lowest BCUT2D eigenvalue weighted by atomic mass is 9.83. The summed E-state index contributed by atoms with van der Waals surface area (Å²) in [6.45, 7) is 3.56. The van der Waals surface area contributed by atoms with E-state index in [1.54, 1.807) is 26.0 Å². The maximum absolute atomic E-state index is 13.3. The summed E-state index contributed by atoms with van der Waals surface area (Å²) in [5.74, 6) is -0.724. The van der Waals surface area contributed by atoms with E-state index >= 15 is 0 Å². The molecule has 0 aliphatic carbocycles. The zero-order valence-corrected chi connectivity index (χ0v) is 11.7. The number of carbonyl (C=O) groups is 1. The van der Waals surface area contributed by atoms with E-state index < -0.39 is 24.2 Å². The number of benzene rings is 1. The van der Waals surface area contributed by atoms with Gasteiger partial charge in [0.2, 0.25) is 5.60 Å². The lowest BCUT2D eigenvalue weighted by molar-refractivity contribution is -0.309. The van der Waals surface area contributed by atoms with Crippen LogP contribution >= 0.6 is 0 Å². The third-order valence-electron chi connectivity index (χ3n) is 3.27. The maximum atomic E-state index is 13.3. The zero-order chi connectivity index (χ0) is 15.7. The van der Waals surface area contributed by atoms with Crippen molar-refractivity contribution < 1.29 is 27.4 Å². The third kappa shape index (κ3) is 2.89. The Hall–Kier alpha value is -1.98. The average molecular weight is 300 g/mol. The monoisotopic (exact) mass is 300 g/mol. The number of hydrogen-bond donors (Lipinski definition) is 0. The van der Waals surface area contributed by atoms with Crippen LogP contribution in [0.25, 0.3) is 0 Å². The van der Waals surface area contributed by atoms with Gasteiger partial charge < -0.3 is 9.47 Å². The molecule has 0 amide bonds. The summed E-state index contributed by atoms with van der Waals surface area (Å²) in [6.07, 6.45) is -4.01. The van der Waals surface area contributed by atoms with E-state index in [4.69, 9.17) is 4.74 Å². The van der Waals surface area contributed by atoms with Crippen molar-refractivity contribution in [1.82, 2.24) is 0 Å². The Balaban J connectivity index is 2.25. The zero-order valence-electron chi connectivity index (χ0n) is 11.7. The van der Waals surface area contributed by atoms with Gasteiger partial charge in [-0.1, -0.05) is 29.8 Å². The Kier molecular flexibility index (Phi) is 3.98. The van der Waals surface area contributed by atoms with E-state index in [9.17, 15) is 18.0 Å². The van der Waals surface area contributed by atoms with Crippen LogP contribution in [0.15, 0.2) is 36.1 Å². The molecule has 1 aromatic rings. The second-order valence-electron chi connectivity index (χ2n) is 4.83. The van der Waals surface area contributed by atoms with Crippen LogP contribution in [0.2, 0.25) is 0 Å². The number of halogens is 3. The van der Waals surface area contributed by atoms with Crippen LogP contribution < -0.4 is 0 Å². The molecule has 1 heterocycles. The summed E-state index contributed by atoms with van der Waals surface area (Å²) in [5, 5.41) is 0. The van der Waals surface area contributed by atoms with Crippen molar-refractivity contribution in [3.63, 3.8) is 0 Å². The highest BCUT2D eigenvalue weighted by Crippen LogP contribution is 2.54. The largest absolute Gasteiger partial charge is 0.476 e. The van der Waals surface area contributed by atoms with Crippen LogP contribution in [0.1, 0.15) is 24.5 Å². The standard InChI is InChI=1S/C15H15F3O3/c1-3-20-13(19)8-12-9-14(21-12,15(16,17)18)11-6-4-10(2)5-7-11/h4-8H,3,9H2,1-2H3/b12-8-. The minimum Gasteiger partial charge on any atom is -0.476 e. The molecule has 1 aliphatic heterocycles. The molecule has 1 aliphatic rings. The highest BCUT2D eigenvalue weighted by atomic mass is 19.4. The van der Waals surface area contributed by atoms with Crippen molar-refractivity contribution in [2.24, 2.45) is 0 Å². The third-order valence-corrected chi connectivity index (χ3v) is 3.27. The van der Waals surface area contributed by atoms with E-state index in [-0.39, 0.29) is 17.9 Å². The molecule has 1 aromatic carbocycles. The van der Waals surface area contributed by atoms with Gasteiger partial charge in [-0.15, -0.1) is 0 Å². The summed E-state index contributed by atoms with van der Waals surface area (Å²) in [7, 11) is 0. The van der Waals surface area contributed by atoms with Crippen LogP contribution in [-0.2, 0) is 19.9 Å². The highest BCUT2D eigenvalue weighted by Gasteiger charge is 2.64. The van der Waals surface area contributed by atoms with Gasteiger partial charge in [0.25, 0.3) is 0 Å². The van der Waals surface area contributed by atoms with Gasteiger partial charge in [-0.05, 0) is 13.8 Å². The first kappa shape index (κ1) is 15.4. The molecule has 1 saturated heterocycles. The minimum atomic E-state index is -4.56. The van der Waals surface area contributed by atoms with Crippen molar-refractivity contribution >= 4 is 5.97 Å². The Bertz CT molecular complexity index is 551. The summed E-state index contributed by atoms with van der Waals surface area (Å²) >= 11 is 0. The topological polar surface area (TPSA) is 35.5 Å². The van der Waals surface area contributed by atoms with E-state index in [1.807, 2.05) is 0 Å². The van der Waals surface area contributed by atoms with E-state index in [1.165, 1.54) is 12.1 Å². The number of rotatable bonds is 3. The van der Waals surface area contributed by atoms with Gasteiger partial charge in [0, 0.05) is 5.56 Å². The van der Waals surface area contributed by atoms with Crippen LogP contribution in [-0.4, -0.2) is 18.8 Å². The molecule has 6 heteroatoms. The van der Waals surface area contributed by atoms with E-state index in [0.29, 0.717) is 0 Å². The molecule has 2 rings (SSSR count). The number of ether oxygens (including phenoxy) is 2. The summed E-state index contributed by atoms with van der Waals surface area (Å²) in [5.41, 5.74) is -1.49. The fourth-order valence-electron chi connectivity index (χ4n) is 2.16. The van der Waals surface area contributed by atoms with Gasteiger partial charge in [0.15, 0.2) is 0 Å². The molecular formula is C15H15F3O3. The molecule has 1 atom stereocenters. The van der Waals surface area contributed by atoms with Crippen molar-refractivity contribution in [3.05, 3.63) is 47.2 Å². The van der Waals surface area contributed by atoms with Gasteiger partial charge in [-0.3, -0.25) is 0 Å². The molecule has 0 radical (unpaired) electrons. The molecule has 0 N–H and O–H groups in total. The van der Waals surface area contributed by atoms with Crippen LogP contribution in [0.3, 0.4) is 0 Å². The quantitative estimate of drug-likeness (QED) is 0.632. The molecular weight excluding hydrogens is 285 g/mol. The first-order valence-corrected chi connectivity index (χ1v) is 6.49. The summed E-state index contributed by atoms with van der Waals surface area (Å²) in [4.78, 5) is 11.2. The smallest absolute Gasteiger partial charge is 0.433 e. The lowest BCUT2D eigenvalue weighted by Crippen LogP contribution is -2.51. The van der Waals surface area contributed by atoms with Crippen molar-refractivity contribution in [1.29, 1.82) is 0 Å². The molecule has 0 saturated carbocycles. The SMILES string of the molecule is CCOC(=O)/C=C1/CC(c2ccc(C)cc2)(C(F)(F)F)O1. The number of hydrogen-bond acceptors (Lipinski definition) is 3. The predicted octanol–water partition coefficient (Wildman–Crippen LogP) is 3.62. The van der Waals surface area contributed by atoms with Gasteiger partial charge in [0.05, 0.1) is 19.1 Å². The van der Waals surface area contributed by atoms with Crippen molar-refractivity contribution in [2.75, 3.05) is 6.61 Å². The molecule has 0 spiro atoms. The van der Waals surface area contributed by atoms with Gasteiger partial charge in [0.1, 0.15) is 5.76 Å². The first-order chi connectivity index (χ1) is 9.78. The molecule has 21 heavy (non-hydrogen) atoms. The van der Waals surface area contributed by atoms with Crippen LogP contribution in [0, 0.1) is 6.92 Å². The Morgan fingerprint density at radius 1 is 1.38 bits per heavy atom. The minimum absolute atomic E-state index is 0.0219. The highest BCUT2D eigenvalue weighted by molar-refractivity contribution is 5.82. The van der Waals surface area contributed by atoms with Gasteiger partial charge >= 0.3 is 12.1 Å². The van der Waals surface area contributed by atoms with Crippen molar-refractivity contribution in [3.8, 4) is 0 Å². The Morgan fingerprint density at radius 3 is 2.43 bits per heavy atom. The van der Waals surface area contributed by atoms with E-state index in [2.05, 4.69) is 4.74 Å². The lowest BCUT2D eigenvalue weighted by Gasteiger charge is -2.45. The number of carbonyl (C=O) groups excluding carboxylic acids is 1. The second-order valence-corrected chi connectivity index (χ2v) is 4.83. The Morgan fingerprint density at radius 2 is 1.95 bits per heavy atom. The molecule has 3 nitrogen and oxygen atoms in total. The summed E-state index contributed by atoms with van der Waals surface area (Å²) < 4.78 is 49.6. The number of alkyl halides is 3. The number of esters is 1. The predicted molar refractivity (Wildman–Crippen MR) is 69.3 cm³/mol. The molecule has 114 valence electrons. The average Bonchev–Trinajstić information content (AvgIpc) is 2.33. The molecule has 0 bridgehead atoms. The molecule has 1 unspecified atom stereocenters. The number of aryl methyl sites for hydroxylation is 1. The first-order valence-electron chi connectivity index (χ1n) is 6.49. The van der Waals surface area contributed by atoms with Crippen LogP contribution in [0.4, 0.5) is 13.2 Å². The molecule has 1 fully saturated rings. The molecule has 0 aromatic heterocycles. The normalized spacial score (nSPS) is 23.4. The summed E-state index contributed by atoms with van der Waals surface area (Å²) in [6, 6.07) is 5.98. The van der Waals surface area contributed by atoms with Crippen molar-refractivity contribution in [2.45, 2.75) is 32.0 Å². The van der Waals surface area contributed by atoms with E-state index in [0.717, 1.165) is 11.6 Å². The second kappa shape index (κ2) is 5.42.